The van der Waals surface area contributed by atoms with Gasteiger partial charge in [-0.1, -0.05) is 0 Å². The van der Waals surface area contributed by atoms with Gasteiger partial charge in [-0.15, -0.1) is 0 Å². The molecule has 1 N–H and O–H groups in total. The summed E-state index contributed by atoms with van der Waals surface area (Å²) in [5.74, 6) is -0.272. The number of nitro groups is 1. The Bertz CT molecular complexity index is 640. The molecular weight excluding hydrogens is 336 g/mol. The minimum Gasteiger partial charge on any atom is -0.379 e. The zero-order valence-corrected chi connectivity index (χ0v) is 15.0. The molecule has 0 atom stereocenters. The van der Waals surface area contributed by atoms with Gasteiger partial charge in [0.2, 0.25) is 0 Å². The van der Waals surface area contributed by atoms with Gasteiger partial charge in [-0.05, 0) is 31.4 Å². The van der Waals surface area contributed by atoms with Crippen LogP contribution in [0.4, 0.5) is 11.4 Å². The number of hydrogen-bond acceptors (Lipinski definition) is 6. The van der Waals surface area contributed by atoms with Crippen molar-refractivity contribution in [2.75, 3.05) is 57.4 Å². The number of piperidine rings is 1. The van der Waals surface area contributed by atoms with Crippen molar-refractivity contribution < 1.29 is 14.5 Å². The predicted octanol–water partition coefficient (Wildman–Crippen LogP) is 1.65. The zero-order chi connectivity index (χ0) is 18.4. The van der Waals surface area contributed by atoms with Crippen LogP contribution in [0.1, 0.15) is 29.6 Å². The number of hydrogen-bond donors (Lipinski definition) is 1. The predicted molar refractivity (Wildman–Crippen MR) is 98.8 cm³/mol. The van der Waals surface area contributed by atoms with Crippen LogP contribution in [-0.2, 0) is 4.74 Å². The zero-order valence-electron chi connectivity index (χ0n) is 15.0. The van der Waals surface area contributed by atoms with Crippen molar-refractivity contribution >= 4 is 17.3 Å². The molecule has 142 valence electrons. The quantitative estimate of drug-likeness (QED) is 0.611. The molecule has 2 heterocycles. The van der Waals surface area contributed by atoms with Crippen molar-refractivity contribution in [3.63, 3.8) is 0 Å². The number of carbonyl (C=O) groups excluding carboxylic acids is 1. The molecule has 1 aromatic rings. The molecule has 2 saturated heterocycles. The van der Waals surface area contributed by atoms with Crippen LogP contribution in [0.2, 0.25) is 0 Å². The lowest BCUT2D eigenvalue weighted by molar-refractivity contribution is -0.384. The summed E-state index contributed by atoms with van der Waals surface area (Å²) in [7, 11) is 0. The third kappa shape index (κ3) is 4.70. The molecule has 1 aromatic carbocycles. The minimum absolute atomic E-state index is 0.00716. The van der Waals surface area contributed by atoms with Crippen molar-refractivity contribution in [3.05, 3.63) is 33.9 Å². The molecule has 3 rings (SSSR count). The van der Waals surface area contributed by atoms with Gasteiger partial charge in [0.1, 0.15) is 5.69 Å². The lowest BCUT2D eigenvalue weighted by Crippen LogP contribution is -2.41. The summed E-state index contributed by atoms with van der Waals surface area (Å²) in [5, 5.41) is 14.3. The highest BCUT2D eigenvalue weighted by molar-refractivity contribution is 5.95. The van der Waals surface area contributed by atoms with Gasteiger partial charge in [0.25, 0.3) is 11.6 Å². The van der Waals surface area contributed by atoms with Gasteiger partial charge in [0, 0.05) is 50.9 Å². The lowest BCUT2D eigenvalue weighted by atomic mass is 10.1. The summed E-state index contributed by atoms with van der Waals surface area (Å²) in [6, 6.07) is 4.79. The summed E-state index contributed by atoms with van der Waals surface area (Å²) in [4.78, 5) is 27.7. The standard InChI is InChI=1S/C18H26N4O4/c23-18(19-6-9-20-10-12-26-13-11-20)15-4-5-16(17(14-15)22(24)25)21-7-2-1-3-8-21/h4-5,14H,1-3,6-13H2,(H,19,23). The van der Waals surface area contributed by atoms with Gasteiger partial charge >= 0.3 is 0 Å². The fraction of sp³-hybridized carbons (Fsp3) is 0.611. The Hall–Kier alpha value is -2.19. The van der Waals surface area contributed by atoms with Crippen molar-refractivity contribution in [1.29, 1.82) is 0 Å². The fourth-order valence-electron chi connectivity index (χ4n) is 3.47. The molecular formula is C18H26N4O4. The second-order valence-corrected chi connectivity index (χ2v) is 6.72. The van der Waals surface area contributed by atoms with Gasteiger partial charge in [0.15, 0.2) is 0 Å². The van der Waals surface area contributed by atoms with Gasteiger partial charge < -0.3 is 15.0 Å². The molecule has 0 aromatic heterocycles. The number of nitro benzene ring substituents is 1. The van der Waals surface area contributed by atoms with Crippen LogP contribution in [0.15, 0.2) is 18.2 Å². The van der Waals surface area contributed by atoms with Gasteiger partial charge in [-0.25, -0.2) is 0 Å². The molecule has 0 unspecified atom stereocenters. The summed E-state index contributed by atoms with van der Waals surface area (Å²) in [5.41, 5.74) is 0.951. The van der Waals surface area contributed by atoms with Crippen LogP contribution < -0.4 is 10.2 Å². The first-order chi connectivity index (χ1) is 12.6. The van der Waals surface area contributed by atoms with Crippen molar-refractivity contribution in [2.45, 2.75) is 19.3 Å². The van der Waals surface area contributed by atoms with Gasteiger partial charge in [-0.2, -0.15) is 0 Å². The van der Waals surface area contributed by atoms with Gasteiger partial charge in [0.05, 0.1) is 18.1 Å². The maximum atomic E-state index is 12.4. The molecule has 0 spiro atoms. The largest absolute Gasteiger partial charge is 0.379 e. The first-order valence-corrected chi connectivity index (χ1v) is 9.27. The van der Waals surface area contributed by atoms with E-state index in [-0.39, 0.29) is 11.6 Å². The number of ether oxygens (including phenoxy) is 1. The Balaban J connectivity index is 1.62. The maximum Gasteiger partial charge on any atom is 0.293 e. The summed E-state index contributed by atoms with van der Waals surface area (Å²) in [6.07, 6.45) is 3.25. The van der Waals surface area contributed by atoms with Crippen LogP contribution in [0, 0.1) is 10.1 Å². The molecule has 0 bridgehead atoms. The van der Waals surface area contributed by atoms with E-state index in [9.17, 15) is 14.9 Å². The Morgan fingerprint density at radius 1 is 1.15 bits per heavy atom. The van der Waals surface area contributed by atoms with Crippen LogP contribution >= 0.6 is 0 Å². The SMILES string of the molecule is O=C(NCCN1CCOCC1)c1ccc(N2CCCCC2)c([N+](=O)[O-])c1. The first kappa shape index (κ1) is 18.6. The van der Waals surface area contributed by atoms with Crippen LogP contribution in [0.3, 0.4) is 0 Å². The average molecular weight is 362 g/mol. The number of anilines is 1. The fourth-order valence-corrected chi connectivity index (χ4v) is 3.47. The smallest absolute Gasteiger partial charge is 0.293 e. The Morgan fingerprint density at radius 2 is 1.88 bits per heavy atom. The van der Waals surface area contributed by atoms with Crippen LogP contribution in [0.25, 0.3) is 0 Å². The van der Waals surface area contributed by atoms with E-state index in [1.54, 1.807) is 12.1 Å². The monoisotopic (exact) mass is 362 g/mol. The Kier molecular flexibility index (Phi) is 6.40. The number of rotatable bonds is 6. The van der Waals surface area contributed by atoms with Crippen molar-refractivity contribution in [1.82, 2.24) is 10.2 Å². The van der Waals surface area contributed by atoms with E-state index in [0.29, 0.717) is 17.8 Å². The molecule has 1 amide bonds. The van der Waals surface area contributed by atoms with Crippen molar-refractivity contribution in [2.24, 2.45) is 0 Å². The molecule has 0 radical (unpaired) electrons. The molecule has 2 fully saturated rings. The van der Waals surface area contributed by atoms with E-state index in [0.717, 1.165) is 65.2 Å². The third-order valence-corrected chi connectivity index (χ3v) is 4.95. The second-order valence-electron chi connectivity index (χ2n) is 6.72. The van der Waals surface area contributed by atoms with E-state index in [2.05, 4.69) is 10.2 Å². The Labute approximate surface area is 153 Å². The van der Waals surface area contributed by atoms with E-state index < -0.39 is 4.92 Å². The average Bonchev–Trinajstić information content (AvgIpc) is 2.69. The molecule has 8 heteroatoms. The van der Waals surface area contributed by atoms with E-state index in [1.165, 1.54) is 6.07 Å². The van der Waals surface area contributed by atoms with Crippen LogP contribution in [-0.4, -0.2) is 68.2 Å². The Morgan fingerprint density at radius 3 is 2.58 bits per heavy atom. The molecule has 2 aliphatic rings. The van der Waals surface area contributed by atoms with Gasteiger partial charge in [-0.3, -0.25) is 19.8 Å². The van der Waals surface area contributed by atoms with E-state index in [1.807, 2.05) is 4.90 Å². The van der Waals surface area contributed by atoms with Crippen LogP contribution in [0.5, 0.6) is 0 Å². The molecule has 0 aliphatic carbocycles. The second kappa shape index (κ2) is 8.95. The minimum atomic E-state index is -0.394. The number of benzene rings is 1. The maximum absolute atomic E-state index is 12.4. The highest BCUT2D eigenvalue weighted by atomic mass is 16.6. The molecule has 8 nitrogen and oxygen atoms in total. The summed E-state index contributed by atoms with van der Waals surface area (Å²) in [6.45, 7) is 6.09. The first-order valence-electron chi connectivity index (χ1n) is 9.27. The molecule has 2 aliphatic heterocycles. The topological polar surface area (TPSA) is 88.0 Å². The lowest BCUT2D eigenvalue weighted by Gasteiger charge is -2.28. The summed E-state index contributed by atoms with van der Waals surface area (Å²) >= 11 is 0. The van der Waals surface area contributed by atoms with E-state index >= 15 is 0 Å². The number of amides is 1. The van der Waals surface area contributed by atoms with Crippen molar-refractivity contribution in [3.8, 4) is 0 Å². The third-order valence-electron chi connectivity index (χ3n) is 4.95. The highest BCUT2D eigenvalue weighted by Gasteiger charge is 2.23. The number of carbonyl (C=O) groups is 1. The number of morpholine rings is 1. The molecule has 26 heavy (non-hydrogen) atoms. The highest BCUT2D eigenvalue weighted by Crippen LogP contribution is 2.31. The number of nitrogens with zero attached hydrogens (tertiary/aromatic N) is 3. The normalized spacial score (nSPS) is 18.5. The number of nitrogens with one attached hydrogen (secondary N) is 1. The molecule has 0 saturated carbocycles. The summed E-state index contributed by atoms with van der Waals surface area (Å²) < 4.78 is 5.30. The van der Waals surface area contributed by atoms with E-state index in [4.69, 9.17) is 4.74 Å².